The average molecular weight is 465 g/mol. The van der Waals surface area contributed by atoms with Gasteiger partial charge < -0.3 is 14.5 Å². The molecule has 11 heteroatoms. The van der Waals surface area contributed by atoms with Gasteiger partial charge in [0.1, 0.15) is 17.7 Å². The number of H-pyrrole nitrogens is 1. The fourth-order valence-electron chi connectivity index (χ4n) is 4.02. The van der Waals surface area contributed by atoms with Gasteiger partial charge in [-0.1, -0.05) is 0 Å². The maximum Gasteiger partial charge on any atom is 0.277 e. The molecule has 178 valence electrons. The van der Waals surface area contributed by atoms with Gasteiger partial charge in [0.25, 0.3) is 5.91 Å². The molecule has 3 aromatic heterocycles. The van der Waals surface area contributed by atoms with Crippen LogP contribution in [0.2, 0.25) is 0 Å². The topological polar surface area (TPSA) is 136 Å². The molecule has 3 heterocycles. The van der Waals surface area contributed by atoms with Crippen molar-refractivity contribution in [2.24, 2.45) is 9.98 Å². The lowest BCUT2D eigenvalue weighted by molar-refractivity contribution is 0.0259. The van der Waals surface area contributed by atoms with Crippen LogP contribution >= 0.6 is 0 Å². The van der Waals surface area contributed by atoms with E-state index in [4.69, 9.17) is 14.3 Å². The minimum absolute atomic E-state index is 0.137. The summed E-state index contributed by atoms with van der Waals surface area (Å²) in [6.45, 7) is 8.07. The summed E-state index contributed by atoms with van der Waals surface area (Å²) in [5.74, 6) is -0.126. The number of aromatic amines is 1. The van der Waals surface area contributed by atoms with Gasteiger partial charge in [0.2, 0.25) is 5.89 Å². The van der Waals surface area contributed by atoms with E-state index in [1.165, 1.54) is 12.5 Å². The van der Waals surface area contributed by atoms with Crippen molar-refractivity contribution in [3.05, 3.63) is 42.4 Å². The summed E-state index contributed by atoms with van der Waals surface area (Å²) in [6, 6.07) is 0.199. The summed E-state index contributed by atoms with van der Waals surface area (Å²) in [4.78, 5) is 25.5. The molecular weight excluding hydrogens is 436 g/mol. The van der Waals surface area contributed by atoms with Crippen LogP contribution in [0.1, 0.15) is 61.8 Å². The first kappa shape index (κ1) is 23.3. The molecule has 3 aromatic rings. The molecule has 0 bridgehead atoms. The van der Waals surface area contributed by atoms with Crippen molar-refractivity contribution in [1.82, 2.24) is 25.0 Å². The summed E-state index contributed by atoms with van der Waals surface area (Å²) < 4.78 is 13.1. The highest BCUT2D eigenvalue weighted by molar-refractivity contribution is 6.04. The molecule has 0 aromatic carbocycles. The number of oxazole rings is 1. The Morgan fingerprint density at radius 1 is 1.41 bits per heavy atom. The maximum atomic E-state index is 13.0. The van der Waals surface area contributed by atoms with Crippen LogP contribution in [0.5, 0.6) is 0 Å². The minimum atomic E-state index is -0.425. The first-order valence-corrected chi connectivity index (χ1v) is 11.2. The first-order chi connectivity index (χ1) is 16.6. The van der Waals surface area contributed by atoms with E-state index in [-0.39, 0.29) is 17.8 Å². The van der Waals surface area contributed by atoms with Crippen LogP contribution in [0, 0.1) is 0 Å². The van der Waals surface area contributed by atoms with Crippen LogP contribution < -0.4 is 5.32 Å². The van der Waals surface area contributed by atoms with Crippen LogP contribution in [-0.4, -0.2) is 56.5 Å². The second kappa shape index (κ2) is 10.8. The predicted molar refractivity (Wildman–Crippen MR) is 129 cm³/mol. The van der Waals surface area contributed by atoms with E-state index in [1.807, 2.05) is 17.8 Å². The molecule has 4 rings (SSSR count). The van der Waals surface area contributed by atoms with Crippen LogP contribution in [0.25, 0.3) is 17.2 Å². The minimum Gasteiger partial charge on any atom is -0.444 e. The zero-order valence-electron chi connectivity index (χ0n) is 19.3. The Labute approximate surface area is 197 Å². The van der Waals surface area contributed by atoms with E-state index in [9.17, 15) is 4.79 Å². The van der Waals surface area contributed by atoms with Crippen LogP contribution in [0.3, 0.4) is 0 Å². The van der Waals surface area contributed by atoms with E-state index in [2.05, 4.69) is 37.2 Å². The highest BCUT2D eigenvalue weighted by Gasteiger charge is 2.26. The Balaban J connectivity index is 1.59. The third kappa shape index (κ3) is 5.20. The third-order valence-corrected chi connectivity index (χ3v) is 5.61. The monoisotopic (exact) mass is 464 g/mol. The van der Waals surface area contributed by atoms with Crippen molar-refractivity contribution in [2.75, 3.05) is 11.9 Å². The number of rotatable bonds is 9. The number of aliphatic imine (C=N–C) groups is 2. The Bertz CT molecular complexity index is 1170. The number of nitrogens with zero attached hydrogens (tertiary/aromatic N) is 6. The van der Waals surface area contributed by atoms with E-state index < -0.39 is 5.91 Å². The number of aromatic nitrogens is 5. The van der Waals surface area contributed by atoms with E-state index in [1.54, 1.807) is 25.5 Å². The zero-order chi connectivity index (χ0) is 23.9. The summed E-state index contributed by atoms with van der Waals surface area (Å²) >= 11 is 0. The number of hydrogen-bond donors (Lipinski definition) is 2. The van der Waals surface area contributed by atoms with Crippen molar-refractivity contribution >= 4 is 30.2 Å². The van der Waals surface area contributed by atoms with Gasteiger partial charge >= 0.3 is 0 Å². The average Bonchev–Trinajstić information content (AvgIpc) is 3.60. The Morgan fingerprint density at radius 3 is 2.91 bits per heavy atom. The molecule has 0 spiro atoms. The van der Waals surface area contributed by atoms with Crippen LogP contribution in [0.4, 0.5) is 5.69 Å². The highest BCUT2D eigenvalue weighted by Crippen LogP contribution is 2.33. The van der Waals surface area contributed by atoms with Crippen LogP contribution in [0.15, 0.2) is 45.5 Å². The van der Waals surface area contributed by atoms with E-state index in [0.717, 1.165) is 32.3 Å². The molecule has 1 aliphatic rings. The number of hydrogen-bond acceptors (Lipinski definition) is 8. The highest BCUT2D eigenvalue weighted by atomic mass is 16.5. The molecule has 0 radical (unpaired) electrons. The molecule has 0 aliphatic heterocycles. The summed E-state index contributed by atoms with van der Waals surface area (Å²) in [5.41, 5.74) is 2.29. The van der Waals surface area contributed by atoms with Gasteiger partial charge in [-0.15, -0.1) is 0 Å². The molecule has 11 nitrogen and oxygen atoms in total. The first-order valence-electron chi connectivity index (χ1n) is 11.2. The van der Waals surface area contributed by atoms with Gasteiger partial charge in [0.15, 0.2) is 5.69 Å². The van der Waals surface area contributed by atoms with E-state index >= 15 is 0 Å². The standard InChI is InChI=1S/C23H28N8O3/c1-4-25-18(12-24-3)21-19(13-31(30-21)16-6-8-17(9-7-16)33-5-2)28-22(32)20-14-34-23(29-20)15-10-26-27-11-15/h4,10-14,16-17H,3,5-9H2,1-2H3,(H,26,27)(H,28,32)/b18-12-,25-4-/t16-,17-. The number of carbonyl (C=O) groups is 1. The number of carbonyl (C=O) groups excluding carboxylic acids is 1. The summed E-state index contributed by atoms with van der Waals surface area (Å²) in [7, 11) is 0. The zero-order valence-corrected chi connectivity index (χ0v) is 19.3. The lowest BCUT2D eigenvalue weighted by Crippen LogP contribution is -2.24. The van der Waals surface area contributed by atoms with Gasteiger partial charge in [-0.2, -0.15) is 10.2 Å². The van der Waals surface area contributed by atoms with Crippen molar-refractivity contribution in [1.29, 1.82) is 0 Å². The van der Waals surface area contributed by atoms with Crippen molar-refractivity contribution in [3.8, 4) is 11.5 Å². The quantitative estimate of drug-likeness (QED) is 0.457. The normalized spacial score (nSPS) is 18.9. The smallest absolute Gasteiger partial charge is 0.277 e. The SMILES string of the molecule is C=N/C=C(\N=C/C)c1nn([C@H]2CC[C@H](OCC)CC2)cc1NC(=O)c1coc(-c2cn[nH]c2)n1. The Hall–Kier alpha value is -3.86. The van der Waals surface area contributed by atoms with Gasteiger partial charge in [0.05, 0.1) is 35.8 Å². The molecule has 1 saturated carbocycles. The largest absolute Gasteiger partial charge is 0.444 e. The number of nitrogens with one attached hydrogen (secondary N) is 2. The summed E-state index contributed by atoms with van der Waals surface area (Å²) in [6.07, 6.45) is 13.6. The second-order valence-corrected chi connectivity index (χ2v) is 7.82. The van der Waals surface area contributed by atoms with Gasteiger partial charge in [0, 0.05) is 25.2 Å². The second-order valence-electron chi connectivity index (χ2n) is 7.82. The molecule has 1 amide bonds. The lowest BCUT2D eigenvalue weighted by Gasteiger charge is -2.28. The van der Waals surface area contributed by atoms with Crippen molar-refractivity contribution in [2.45, 2.75) is 51.7 Å². The Kier molecular flexibility index (Phi) is 7.43. The molecule has 2 N–H and O–H groups in total. The number of anilines is 1. The Morgan fingerprint density at radius 2 is 2.24 bits per heavy atom. The number of amides is 1. The predicted octanol–water partition coefficient (Wildman–Crippen LogP) is 4.12. The van der Waals surface area contributed by atoms with Gasteiger partial charge in [-0.25, -0.2) is 4.98 Å². The number of ether oxygens (including phenoxy) is 1. The molecule has 0 unspecified atom stereocenters. The van der Waals surface area contributed by atoms with Crippen molar-refractivity contribution in [3.63, 3.8) is 0 Å². The molecule has 1 fully saturated rings. The van der Waals surface area contributed by atoms with E-state index in [0.29, 0.717) is 28.5 Å². The molecular formula is C23H28N8O3. The van der Waals surface area contributed by atoms with Crippen LogP contribution in [-0.2, 0) is 4.74 Å². The maximum absolute atomic E-state index is 13.0. The fourth-order valence-corrected chi connectivity index (χ4v) is 4.02. The molecule has 0 saturated heterocycles. The fraction of sp³-hybridized carbons (Fsp3) is 0.391. The third-order valence-electron chi connectivity index (χ3n) is 5.61. The molecule has 34 heavy (non-hydrogen) atoms. The molecule has 1 aliphatic carbocycles. The molecule has 0 atom stereocenters. The van der Waals surface area contributed by atoms with Gasteiger partial charge in [-0.05, 0) is 46.2 Å². The van der Waals surface area contributed by atoms with Gasteiger partial charge in [-0.3, -0.25) is 24.6 Å². The lowest BCUT2D eigenvalue weighted by atomic mass is 9.93. The van der Waals surface area contributed by atoms with Crippen molar-refractivity contribution < 1.29 is 13.9 Å². The summed E-state index contributed by atoms with van der Waals surface area (Å²) in [5, 5.41) is 14.2.